The van der Waals surface area contributed by atoms with E-state index in [-0.39, 0.29) is 0 Å². The molecule has 0 saturated carbocycles. The molecule has 1 aromatic carbocycles. The van der Waals surface area contributed by atoms with Crippen LogP contribution in [0.4, 0.5) is 0 Å². The molecule has 3 nitrogen and oxygen atoms in total. The van der Waals surface area contributed by atoms with Gasteiger partial charge in [-0.25, -0.2) is 0 Å². The van der Waals surface area contributed by atoms with E-state index >= 15 is 0 Å². The van der Waals surface area contributed by atoms with Gasteiger partial charge in [0.2, 0.25) is 0 Å². The second kappa shape index (κ2) is 7.50. The van der Waals surface area contributed by atoms with Crippen molar-refractivity contribution in [1.82, 2.24) is 15.1 Å². The van der Waals surface area contributed by atoms with Crippen molar-refractivity contribution in [3.63, 3.8) is 0 Å². The van der Waals surface area contributed by atoms with Crippen LogP contribution in [0, 0.1) is 6.92 Å². The molecule has 0 aliphatic heterocycles. The second-order valence-electron chi connectivity index (χ2n) is 4.82. The molecule has 0 saturated heterocycles. The van der Waals surface area contributed by atoms with Gasteiger partial charge in [-0.2, -0.15) is 5.10 Å². The van der Waals surface area contributed by atoms with Gasteiger partial charge in [-0.1, -0.05) is 25.1 Å². The number of nitrogens with zero attached hydrogens (tertiary/aromatic N) is 2. The van der Waals surface area contributed by atoms with E-state index in [1.54, 1.807) is 0 Å². The Labute approximate surface area is 125 Å². The van der Waals surface area contributed by atoms with Gasteiger partial charge in [0, 0.05) is 35.0 Å². The average molecular weight is 289 g/mol. The van der Waals surface area contributed by atoms with Gasteiger partial charge in [-0.05, 0) is 32.0 Å². The van der Waals surface area contributed by atoms with E-state index < -0.39 is 0 Å². The van der Waals surface area contributed by atoms with Crippen LogP contribution in [0.1, 0.15) is 31.0 Å². The molecule has 0 aliphatic carbocycles. The monoisotopic (exact) mass is 289 g/mol. The molecule has 0 aliphatic rings. The van der Waals surface area contributed by atoms with E-state index in [1.807, 2.05) is 22.6 Å². The van der Waals surface area contributed by atoms with Crippen molar-refractivity contribution in [3.05, 3.63) is 47.8 Å². The van der Waals surface area contributed by atoms with E-state index in [1.165, 1.54) is 16.0 Å². The Kier molecular flexibility index (Phi) is 5.68. The van der Waals surface area contributed by atoms with E-state index in [0.717, 1.165) is 18.8 Å². The maximum absolute atomic E-state index is 4.38. The molecule has 1 atom stereocenters. The molecule has 108 valence electrons. The van der Waals surface area contributed by atoms with Crippen LogP contribution in [-0.2, 0) is 6.54 Å². The van der Waals surface area contributed by atoms with E-state index in [9.17, 15) is 0 Å². The Balaban J connectivity index is 2.04. The third-order valence-electron chi connectivity index (χ3n) is 3.33. The number of aryl methyl sites for hydroxylation is 2. The largest absolute Gasteiger partial charge is 0.309 e. The molecule has 0 radical (unpaired) electrons. The first-order valence-corrected chi connectivity index (χ1v) is 8.17. The first-order valence-electron chi connectivity index (χ1n) is 7.18. The number of thioether (sulfide) groups is 1. The van der Waals surface area contributed by atoms with Gasteiger partial charge >= 0.3 is 0 Å². The molecule has 4 heteroatoms. The molecule has 1 N–H and O–H groups in total. The number of hydrogen-bond donors (Lipinski definition) is 1. The summed E-state index contributed by atoms with van der Waals surface area (Å²) in [6.45, 7) is 8.32. The third kappa shape index (κ3) is 3.87. The zero-order valence-corrected chi connectivity index (χ0v) is 13.3. The number of hydrogen-bond acceptors (Lipinski definition) is 3. The van der Waals surface area contributed by atoms with Crippen molar-refractivity contribution in [3.8, 4) is 0 Å². The van der Waals surface area contributed by atoms with Crippen molar-refractivity contribution in [2.45, 2.75) is 38.3 Å². The van der Waals surface area contributed by atoms with E-state index in [2.05, 4.69) is 61.6 Å². The fourth-order valence-electron chi connectivity index (χ4n) is 2.14. The van der Waals surface area contributed by atoms with E-state index in [4.69, 9.17) is 0 Å². The molecule has 2 rings (SSSR count). The van der Waals surface area contributed by atoms with E-state index in [0.29, 0.717) is 6.04 Å². The summed E-state index contributed by atoms with van der Waals surface area (Å²) in [4.78, 5) is 1.36. The second-order valence-corrected chi connectivity index (χ2v) is 5.88. The van der Waals surface area contributed by atoms with Crippen LogP contribution in [0.3, 0.4) is 0 Å². The fraction of sp³-hybridized carbons (Fsp3) is 0.438. The molecule has 20 heavy (non-hydrogen) atoms. The zero-order valence-electron chi connectivity index (χ0n) is 12.5. The summed E-state index contributed by atoms with van der Waals surface area (Å²) in [5.41, 5.74) is 2.62. The number of benzene rings is 1. The smallest absolute Gasteiger partial charge is 0.0537 e. The van der Waals surface area contributed by atoms with Crippen LogP contribution in [0.5, 0.6) is 0 Å². The standard InChI is InChI=1S/C16H23N3S/c1-4-17-15(14-10-18-19(5-2)11-14)12-20-16-9-7-6-8-13(16)3/h6-11,15,17H,4-5,12H2,1-3H3. The highest BCUT2D eigenvalue weighted by Gasteiger charge is 2.13. The molecule has 1 aromatic heterocycles. The fourth-order valence-corrected chi connectivity index (χ4v) is 3.27. The van der Waals surface area contributed by atoms with Gasteiger partial charge in [0.15, 0.2) is 0 Å². The van der Waals surface area contributed by atoms with Gasteiger partial charge in [0.1, 0.15) is 0 Å². The van der Waals surface area contributed by atoms with Crippen LogP contribution in [0.25, 0.3) is 0 Å². The highest BCUT2D eigenvalue weighted by Crippen LogP contribution is 2.27. The minimum atomic E-state index is 0.352. The highest BCUT2D eigenvalue weighted by atomic mass is 32.2. The normalized spacial score (nSPS) is 12.6. The Hall–Kier alpha value is -1.26. The van der Waals surface area contributed by atoms with Crippen LogP contribution in [0.2, 0.25) is 0 Å². The SMILES string of the molecule is CCNC(CSc1ccccc1C)c1cnn(CC)c1. The first-order chi connectivity index (χ1) is 9.74. The quantitative estimate of drug-likeness (QED) is 0.789. The molecule has 0 amide bonds. The number of nitrogens with one attached hydrogen (secondary N) is 1. The lowest BCUT2D eigenvalue weighted by molar-refractivity contribution is 0.602. The Morgan fingerprint density at radius 1 is 1.30 bits per heavy atom. The Bertz CT molecular complexity index is 536. The lowest BCUT2D eigenvalue weighted by Gasteiger charge is -2.16. The summed E-state index contributed by atoms with van der Waals surface area (Å²) in [5.74, 6) is 1.02. The summed E-state index contributed by atoms with van der Waals surface area (Å²) in [7, 11) is 0. The molecule has 1 heterocycles. The van der Waals surface area contributed by atoms with Gasteiger partial charge in [0.25, 0.3) is 0 Å². The Morgan fingerprint density at radius 2 is 2.10 bits per heavy atom. The molecule has 0 fully saturated rings. The van der Waals surface area contributed by atoms with Crippen LogP contribution in [0.15, 0.2) is 41.6 Å². The average Bonchev–Trinajstić information content (AvgIpc) is 2.94. The summed E-state index contributed by atoms with van der Waals surface area (Å²) in [6.07, 6.45) is 4.13. The van der Waals surface area contributed by atoms with Gasteiger partial charge in [0.05, 0.1) is 6.20 Å². The molecule has 0 spiro atoms. The van der Waals surface area contributed by atoms with Crippen molar-refractivity contribution in [2.75, 3.05) is 12.3 Å². The lowest BCUT2D eigenvalue weighted by Crippen LogP contribution is -2.22. The molecule has 0 bridgehead atoms. The van der Waals surface area contributed by atoms with Crippen LogP contribution >= 0.6 is 11.8 Å². The van der Waals surface area contributed by atoms with Crippen LogP contribution < -0.4 is 5.32 Å². The zero-order chi connectivity index (χ0) is 14.4. The maximum atomic E-state index is 4.38. The van der Waals surface area contributed by atoms with Gasteiger partial charge in [-0.15, -0.1) is 11.8 Å². The number of aromatic nitrogens is 2. The maximum Gasteiger partial charge on any atom is 0.0537 e. The van der Waals surface area contributed by atoms with Crippen molar-refractivity contribution in [2.24, 2.45) is 0 Å². The summed E-state index contributed by atoms with van der Waals surface area (Å²) in [6, 6.07) is 8.90. The first kappa shape index (κ1) is 15.1. The van der Waals surface area contributed by atoms with Gasteiger partial charge in [-0.3, -0.25) is 4.68 Å². The number of rotatable bonds is 7. The summed E-state index contributed by atoms with van der Waals surface area (Å²) < 4.78 is 1.98. The minimum absolute atomic E-state index is 0.352. The predicted octanol–water partition coefficient (Wildman–Crippen LogP) is 3.65. The molecular formula is C16H23N3S. The topological polar surface area (TPSA) is 29.9 Å². The summed E-state index contributed by atoms with van der Waals surface area (Å²) >= 11 is 1.91. The molecular weight excluding hydrogens is 266 g/mol. The molecule has 2 aromatic rings. The highest BCUT2D eigenvalue weighted by molar-refractivity contribution is 7.99. The molecule has 1 unspecified atom stereocenters. The predicted molar refractivity (Wildman–Crippen MR) is 86.2 cm³/mol. The van der Waals surface area contributed by atoms with Crippen LogP contribution in [-0.4, -0.2) is 22.1 Å². The Morgan fingerprint density at radius 3 is 2.75 bits per heavy atom. The lowest BCUT2D eigenvalue weighted by atomic mass is 10.2. The minimum Gasteiger partial charge on any atom is -0.309 e. The third-order valence-corrected chi connectivity index (χ3v) is 4.60. The van der Waals surface area contributed by atoms with Crippen molar-refractivity contribution in [1.29, 1.82) is 0 Å². The van der Waals surface area contributed by atoms with Crippen molar-refractivity contribution < 1.29 is 0 Å². The summed E-state index contributed by atoms with van der Waals surface area (Å²) in [5, 5.41) is 7.93. The van der Waals surface area contributed by atoms with Crippen molar-refractivity contribution >= 4 is 11.8 Å². The van der Waals surface area contributed by atoms with Gasteiger partial charge < -0.3 is 5.32 Å².